The Morgan fingerprint density at radius 3 is 2.46 bits per heavy atom. The maximum absolute atomic E-state index is 13.7. The molecule has 0 aromatic carbocycles. The first-order valence-corrected chi connectivity index (χ1v) is 14.2. The zero-order chi connectivity index (χ0) is 26.4. The van der Waals surface area contributed by atoms with E-state index >= 15 is 0 Å². The molecule has 4 rings (SSSR count). The number of rotatable bonds is 5. The van der Waals surface area contributed by atoms with Gasteiger partial charge >= 0.3 is 0 Å². The lowest BCUT2D eigenvalue weighted by Crippen LogP contribution is -2.58. The molecule has 200 valence electrons. The first-order valence-electron chi connectivity index (χ1n) is 13.1. The fourth-order valence-corrected chi connectivity index (χ4v) is 9.04. The fraction of sp³-hybridized carbons (Fsp3) is 0.852. The van der Waals surface area contributed by atoms with Crippen LogP contribution < -0.4 is 5.84 Å². The standard InChI is InChI=1S/C24H37BrO3.C2H5N3.CH4O/c1-5-28-16-8-6-15-7-9-17-18-10-14(2)21(20(27)13-25)24(18,4)12-19(26)22(17)23(15,3)11-16;3-1-2-5-4;1-2/h14-18,21-22H,5-13H2,1-4H3;1-3H,4H2;2H,1H3/b;3-1?,5-2-;. The highest BCUT2D eigenvalue weighted by Crippen LogP contribution is 2.67. The van der Waals surface area contributed by atoms with Crippen molar-refractivity contribution in [1.82, 2.24) is 0 Å². The summed E-state index contributed by atoms with van der Waals surface area (Å²) < 4.78 is 6.04. The summed E-state index contributed by atoms with van der Waals surface area (Å²) in [5, 5.41) is 16.7. The third-order valence-corrected chi connectivity index (χ3v) is 10.2. The molecule has 4 saturated carbocycles. The molecular weight excluding hydrogens is 510 g/mol. The van der Waals surface area contributed by atoms with Crippen molar-refractivity contribution >= 4 is 39.9 Å². The average Bonchev–Trinajstić information content (AvgIpc) is 3.09. The number of hydrogen-bond donors (Lipinski definition) is 3. The number of hydrazone groups is 1. The Morgan fingerprint density at radius 2 is 1.91 bits per heavy atom. The molecule has 0 amide bonds. The van der Waals surface area contributed by atoms with Crippen LogP contribution in [0.3, 0.4) is 0 Å². The molecule has 0 aromatic rings. The predicted octanol–water partition coefficient (Wildman–Crippen LogP) is 4.63. The van der Waals surface area contributed by atoms with Crippen molar-refractivity contribution in [3.8, 4) is 0 Å². The molecule has 4 fully saturated rings. The van der Waals surface area contributed by atoms with E-state index in [1.165, 1.54) is 25.5 Å². The first kappa shape index (κ1) is 30.1. The summed E-state index contributed by atoms with van der Waals surface area (Å²) >= 11 is 3.40. The Labute approximate surface area is 219 Å². The summed E-state index contributed by atoms with van der Waals surface area (Å²) in [5.41, 5.74) is -0.0557. The molecule has 4 N–H and O–H groups in total. The van der Waals surface area contributed by atoms with Crippen LogP contribution in [0.1, 0.15) is 72.6 Å². The number of nitrogens with one attached hydrogen (secondary N) is 1. The highest BCUT2D eigenvalue weighted by Gasteiger charge is 2.65. The number of aliphatic hydroxyl groups excluding tert-OH is 1. The second kappa shape index (κ2) is 12.9. The highest BCUT2D eigenvalue weighted by molar-refractivity contribution is 9.09. The second-order valence-electron chi connectivity index (χ2n) is 11.3. The SMILES string of the molecule is CCOC1CCC2CCC3C4CC(C)C(C(=O)CBr)C4(C)CC(=O)C3C2(C)C1.CO.N=C/C=N\N. The van der Waals surface area contributed by atoms with Crippen LogP contribution in [0.15, 0.2) is 5.10 Å². The lowest BCUT2D eigenvalue weighted by atomic mass is 9.44. The summed E-state index contributed by atoms with van der Waals surface area (Å²) in [5.74, 6) is 7.56. The minimum absolute atomic E-state index is 0.0369. The van der Waals surface area contributed by atoms with Gasteiger partial charge in [-0.15, -0.1) is 0 Å². The minimum Gasteiger partial charge on any atom is -0.400 e. The van der Waals surface area contributed by atoms with Gasteiger partial charge in [0.1, 0.15) is 11.6 Å². The topological polar surface area (TPSA) is 126 Å². The van der Waals surface area contributed by atoms with Gasteiger partial charge in [-0.1, -0.05) is 36.7 Å². The quantitative estimate of drug-likeness (QED) is 0.197. The normalized spacial score (nSPS) is 41.9. The average molecular weight is 557 g/mol. The van der Waals surface area contributed by atoms with Gasteiger partial charge < -0.3 is 21.1 Å². The van der Waals surface area contributed by atoms with Gasteiger partial charge in [0, 0.05) is 38.2 Å². The molecule has 9 unspecified atom stereocenters. The summed E-state index contributed by atoms with van der Waals surface area (Å²) in [7, 11) is 1.00. The molecule has 0 aliphatic heterocycles. The van der Waals surface area contributed by atoms with E-state index in [0.29, 0.717) is 53.1 Å². The van der Waals surface area contributed by atoms with Gasteiger partial charge in [0.05, 0.1) is 17.6 Å². The van der Waals surface area contributed by atoms with Gasteiger partial charge in [0.15, 0.2) is 0 Å². The molecule has 0 spiro atoms. The zero-order valence-corrected chi connectivity index (χ0v) is 23.7. The number of halogens is 1. The van der Waals surface area contributed by atoms with E-state index in [1.807, 2.05) is 0 Å². The Kier molecular flexibility index (Phi) is 11.1. The molecule has 0 heterocycles. The van der Waals surface area contributed by atoms with Gasteiger partial charge in [-0.2, -0.15) is 5.10 Å². The van der Waals surface area contributed by atoms with E-state index in [0.717, 1.165) is 39.2 Å². The van der Waals surface area contributed by atoms with Crippen LogP contribution in [0.25, 0.3) is 0 Å². The lowest BCUT2D eigenvalue weighted by molar-refractivity contribution is -0.165. The molecule has 35 heavy (non-hydrogen) atoms. The number of aliphatic hydroxyl groups is 1. The Balaban J connectivity index is 0.000000551. The van der Waals surface area contributed by atoms with Crippen molar-refractivity contribution < 1.29 is 19.4 Å². The molecule has 0 radical (unpaired) electrons. The van der Waals surface area contributed by atoms with Gasteiger partial charge in [-0.05, 0) is 80.0 Å². The fourth-order valence-electron chi connectivity index (χ4n) is 8.69. The Hall–Kier alpha value is -1.12. The van der Waals surface area contributed by atoms with Crippen LogP contribution >= 0.6 is 15.9 Å². The molecule has 4 aliphatic rings. The van der Waals surface area contributed by atoms with Crippen LogP contribution in [0, 0.1) is 51.7 Å². The van der Waals surface area contributed by atoms with Crippen LogP contribution in [0.4, 0.5) is 0 Å². The van der Waals surface area contributed by atoms with Crippen molar-refractivity contribution in [1.29, 1.82) is 5.41 Å². The smallest absolute Gasteiger partial charge is 0.147 e. The number of ether oxygens (including phenoxy) is 1. The largest absolute Gasteiger partial charge is 0.400 e. The summed E-state index contributed by atoms with van der Waals surface area (Å²) in [6.07, 6.45) is 10.1. The molecule has 9 atom stereocenters. The van der Waals surface area contributed by atoms with Gasteiger partial charge in [-0.3, -0.25) is 9.59 Å². The maximum atomic E-state index is 13.7. The molecule has 4 aliphatic carbocycles. The number of nitrogens with two attached hydrogens (primary N) is 1. The van der Waals surface area contributed by atoms with Crippen LogP contribution in [0.5, 0.6) is 0 Å². The third-order valence-electron chi connectivity index (χ3n) is 9.64. The Bertz CT molecular complexity index is 778. The Morgan fingerprint density at radius 1 is 1.26 bits per heavy atom. The van der Waals surface area contributed by atoms with E-state index in [2.05, 4.69) is 54.6 Å². The highest BCUT2D eigenvalue weighted by atomic mass is 79.9. The van der Waals surface area contributed by atoms with E-state index in [-0.39, 0.29) is 22.7 Å². The number of hydrogen-bond acceptors (Lipinski definition) is 7. The molecular formula is C27H46BrN3O4. The molecule has 0 bridgehead atoms. The minimum atomic E-state index is -0.139. The van der Waals surface area contributed by atoms with E-state index < -0.39 is 0 Å². The monoisotopic (exact) mass is 555 g/mol. The number of carbonyl (C=O) groups excluding carboxylic acids is 2. The third kappa shape index (κ3) is 5.74. The van der Waals surface area contributed by atoms with E-state index in [1.54, 1.807) is 0 Å². The maximum Gasteiger partial charge on any atom is 0.147 e. The number of carbonyl (C=O) groups is 2. The van der Waals surface area contributed by atoms with E-state index in [9.17, 15) is 9.59 Å². The lowest BCUT2D eigenvalue weighted by Gasteiger charge is -2.60. The summed E-state index contributed by atoms with van der Waals surface area (Å²) in [6, 6.07) is 0. The number of ketones is 2. The molecule has 7 nitrogen and oxygen atoms in total. The van der Waals surface area contributed by atoms with Crippen LogP contribution in [0.2, 0.25) is 0 Å². The number of Topliss-reactive ketones (excluding diaryl/α,β-unsaturated/α-hetero) is 2. The van der Waals surface area contributed by atoms with E-state index in [4.69, 9.17) is 15.3 Å². The number of alkyl halides is 1. The molecule has 0 aromatic heterocycles. The number of nitrogens with zero attached hydrogens (tertiary/aromatic N) is 1. The van der Waals surface area contributed by atoms with Crippen molar-refractivity contribution in [3.63, 3.8) is 0 Å². The zero-order valence-electron chi connectivity index (χ0n) is 22.1. The van der Waals surface area contributed by atoms with Gasteiger partial charge in [0.2, 0.25) is 0 Å². The summed E-state index contributed by atoms with van der Waals surface area (Å²) in [4.78, 5) is 26.5. The molecule has 8 heteroatoms. The van der Waals surface area contributed by atoms with Crippen molar-refractivity contribution in [2.45, 2.75) is 78.7 Å². The predicted molar refractivity (Wildman–Crippen MR) is 144 cm³/mol. The second-order valence-corrected chi connectivity index (χ2v) is 11.9. The van der Waals surface area contributed by atoms with Crippen molar-refractivity contribution in [3.05, 3.63) is 0 Å². The van der Waals surface area contributed by atoms with Crippen molar-refractivity contribution in [2.75, 3.05) is 19.0 Å². The van der Waals surface area contributed by atoms with Crippen LogP contribution in [-0.4, -0.2) is 54.3 Å². The van der Waals surface area contributed by atoms with Crippen molar-refractivity contribution in [2.24, 2.45) is 57.3 Å². The summed E-state index contributed by atoms with van der Waals surface area (Å²) in [6.45, 7) is 9.75. The van der Waals surface area contributed by atoms with Gasteiger partial charge in [0.25, 0.3) is 0 Å². The molecule has 0 saturated heterocycles. The first-order chi connectivity index (χ1) is 16.7. The van der Waals surface area contributed by atoms with Gasteiger partial charge in [-0.25, -0.2) is 0 Å². The number of fused-ring (bicyclic) bond motifs is 5. The van der Waals surface area contributed by atoms with Crippen LogP contribution in [-0.2, 0) is 14.3 Å².